The highest BCUT2D eigenvalue weighted by Gasteiger charge is 2.42. The van der Waals surface area contributed by atoms with Crippen LogP contribution >= 0.6 is 0 Å². The minimum Gasteiger partial charge on any atom is -0.481 e. The molecule has 2 amide bonds. The van der Waals surface area contributed by atoms with Gasteiger partial charge in [0.1, 0.15) is 0 Å². The maximum absolute atomic E-state index is 13.2. The predicted octanol–water partition coefficient (Wildman–Crippen LogP) is 2.35. The van der Waals surface area contributed by atoms with Gasteiger partial charge < -0.3 is 15.3 Å². The van der Waals surface area contributed by atoms with Crippen LogP contribution < -0.4 is 5.32 Å². The number of alkyl halides is 2. The predicted molar refractivity (Wildman–Crippen MR) is 73.8 cm³/mol. The standard InChI is InChI=1S/C15H16F2N2O3/c16-15(17)5-6-19(8-15)14(22)18-12-7-11(13(20)21)9-3-1-2-4-10(9)12/h1-4,11-12H,5-8H2,(H,18,22)(H,20,21). The summed E-state index contributed by atoms with van der Waals surface area (Å²) < 4.78 is 26.4. The molecule has 1 fully saturated rings. The van der Waals surface area contributed by atoms with E-state index in [0.29, 0.717) is 5.56 Å². The number of carboxylic acids is 1. The van der Waals surface area contributed by atoms with Crippen LogP contribution in [0.3, 0.4) is 0 Å². The molecule has 1 aliphatic carbocycles. The molecular weight excluding hydrogens is 294 g/mol. The maximum Gasteiger partial charge on any atom is 0.318 e. The Bertz CT molecular complexity index is 621. The van der Waals surface area contributed by atoms with Crippen molar-refractivity contribution in [1.29, 1.82) is 0 Å². The van der Waals surface area contributed by atoms with Gasteiger partial charge in [0.2, 0.25) is 0 Å². The summed E-state index contributed by atoms with van der Waals surface area (Å²) in [7, 11) is 0. The molecule has 1 aromatic rings. The number of rotatable bonds is 2. The summed E-state index contributed by atoms with van der Waals surface area (Å²) >= 11 is 0. The fourth-order valence-electron chi connectivity index (χ4n) is 3.16. The molecule has 2 atom stereocenters. The molecule has 1 aromatic carbocycles. The van der Waals surface area contributed by atoms with Crippen molar-refractivity contribution in [3.05, 3.63) is 35.4 Å². The van der Waals surface area contributed by atoms with Crippen molar-refractivity contribution in [3.63, 3.8) is 0 Å². The third kappa shape index (κ3) is 2.63. The summed E-state index contributed by atoms with van der Waals surface area (Å²) in [5.41, 5.74) is 1.42. The molecule has 3 rings (SSSR count). The van der Waals surface area contributed by atoms with Crippen molar-refractivity contribution in [2.45, 2.75) is 30.7 Å². The third-order valence-electron chi connectivity index (χ3n) is 4.27. The molecule has 0 aromatic heterocycles. The van der Waals surface area contributed by atoms with Crippen molar-refractivity contribution in [2.75, 3.05) is 13.1 Å². The highest BCUT2D eigenvalue weighted by Crippen LogP contribution is 2.40. The van der Waals surface area contributed by atoms with Crippen LogP contribution in [0.25, 0.3) is 0 Å². The Hall–Kier alpha value is -2.18. The van der Waals surface area contributed by atoms with Gasteiger partial charge in [0.15, 0.2) is 0 Å². The van der Waals surface area contributed by atoms with Crippen molar-refractivity contribution in [1.82, 2.24) is 10.2 Å². The average Bonchev–Trinajstić information content (AvgIpc) is 3.00. The van der Waals surface area contributed by atoms with E-state index in [4.69, 9.17) is 0 Å². The SMILES string of the molecule is O=C(O)C1CC(NC(=O)N2CCC(F)(F)C2)c2ccccc21. The molecule has 1 heterocycles. The van der Waals surface area contributed by atoms with Crippen LogP contribution in [0.5, 0.6) is 0 Å². The number of hydrogen-bond acceptors (Lipinski definition) is 2. The number of carboxylic acid groups (broad SMARTS) is 1. The van der Waals surface area contributed by atoms with E-state index in [1.54, 1.807) is 24.3 Å². The molecule has 118 valence electrons. The molecule has 1 aliphatic heterocycles. The summed E-state index contributed by atoms with van der Waals surface area (Å²) in [6, 6.07) is 5.99. The van der Waals surface area contributed by atoms with E-state index in [2.05, 4.69) is 5.32 Å². The first-order valence-electron chi connectivity index (χ1n) is 7.12. The van der Waals surface area contributed by atoms with E-state index in [9.17, 15) is 23.5 Å². The molecule has 0 radical (unpaired) electrons. The topological polar surface area (TPSA) is 69.6 Å². The van der Waals surface area contributed by atoms with Crippen LogP contribution in [0, 0.1) is 0 Å². The number of fused-ring (bicyclic) bond motifs is 1. The lowest BCUT2D eigenvalue weighted by Gasteiger charge is -2.21. The molecular formula is C15H16F2N2O3. The Morgan fingerprint density at radius 2 is 1.95 bits per heavy atom. The quantitative estimate of drug-likeness (QED) is 0.881. The first-order chi connectivity index (χ1) is 10.4. The largest absolute Gasteiger partial charge is 0.481 e. The minimum atomic E-state index is -2.84. The lowest BCUT2D eigenvalue weighted by atomic mass is 10.0. The fourth-order valence-corrected chi connectivity index (χ4v) is 3.16. The molecule has 7 heteroatoms. The lowest BCUT2D eigenvalue weighted by Crippen LogP contribution is -2.41. The van der Waals surface area contributed by atoms with E-state index >= 15 is 0 Å². The van der Waals surface area contributed by atoms with Crippen molar-refractivity contribution >= 4 is 12.0 Å². The van der Waals surface area contributed by atoms with Crippen molar-refractivity contribution in [3.8, 4) is 0 Å². The first-order valence-corrected chi connectivity index (χ1v) is 7.12. The second-order valence-electron chi connectivity index (χ2n) is 5.79. The molecule has 2 N–H and O–H groups in total. The lowest BCUT2D eigenvalue weighted by molar-refractivity contribution is -0.138. The number of hydrogen-bond donors (Lipinski definition) is 2. The number of nitrogens with zero attached hydrogens (tertiary/aromatic N) is 1. The number of carbonyl (C=O) groups excluding carboxylic acids is 1. The van der Waals surface area contributed by atoms with Crippen LogP contribution in [-0.4, -0.2) is 41.0 Å². The van der Waals surface area contributed by atoms with Gasteiger partial charge in [-0.15, -0.1) is 0 Å². The van der Waals surface area contributed by atoms with Crippen LogP contribution in [0.2, 0.25) is 0 Å². The molecule has 22 heavy (non-hydrogen) atoms. The summed E-state index contributed by atoms with van der Waals surface area (Å²) in [5.74, 6) is -4.47. The molecule has 2 unspecified atom stereocenters. The third-order valence-corrected chi connectivity index (χ3v) is 4.27. The Labute approximate surface area is 125 Å². The van der Waals surface area contributed by atoms with Crippen LogP contribution in [-0.2, 0) is 4.79 Å². The summed E-state index contributed by atoms with van der Waals surface area (Å²) in [6.07, 6.45) is -0.0932. The van der Waals surface area contributed by atoms with Gasteiger partial charge in [-0.2, -0.15) is 0 Å². The minimum absolute atomic E-state index is 0.00948. The van der Waals surface area contributed by atoms with Gasteiger partial charge in [-0.3, -0.25) is 4.79 Å². The number of aliphatic carboxylic acids is 1. The van der Waals surface area contributed by atoms with Gasteiger partial charge in [0.05, 0.1) is 18.5 Å². The number of likely N-dealkylation sites (tertiary alicyclic amines) is 1. The summed E-state index contributed by atoms with van der Waals surface area (Å²) in [6.45, 7) is -0.578. The second kappa shape index (κ2) is 5.23. The van der Waals surface area contributed by atoms with E-state index < -0.39 is 36.4 Å². The molecule has 2 aliphatic rings. The van der Waals surface area contributed by atoms with Gasteiger partial charge in [0.25, 0.3) is 5.92 Å². The smallest absolute Gasteiger partial charge is 0.318 e. The maximum atomic E-state index is 13.2. The van der Waals surface area contributed by atoms with Crippen molar-refractivity contribution in [2.24, 2.45) is 0 Å². The summed E-state index contributed by atoms with van der Waals surface area (Å²) in [5, 5.41) is 12.0. The molecule has 0 bridgehead atoms. The van der Waals surface area contributed by atoms with Gasteiger partial charge in [0, 0.05) is 13.0 Å². The van der Waals surface area contributed by atoms with Crippen molar-refractivity contribution < 1.29 is 23.5 Å². The summed E-state index contributed by atoms with van der Waals surface area (Å²) in [4.78, 5) is 24.5. The van der Waals surface area contributed by atoms with Gasteiger partial charge in [-0.25, -0.2) is 13.6 Å². The highest BCUT2D eigenvalue weighted by molar-refractivity contribution is 5.80. The number of nitrogens with one attached hydrogen (secondary N) is 1. The molecule has 0 spiro atoms. The van der Waals surface area contributed by atoms with Gasteiger partial charge in [-0.1, -0.05) is 24.3 Å². The Morgan fingerprint density at radius 1 is 1.27 bits per heavy atom. The van der Waals surface area contributed by atoms with Crippen LogP contribution in [0.4, 0.5) is 13.6 Å². The number of amides is 2. The Morgan fingerprint density at radius 3 is 2.55 bits per heavy atom. The average molecular weight is 310 g/mol. The normalized spacial score (nSPS) is 25.8. The number of carbonyl (C=O) groups is 2. The zero-order valence-electron chi connectivity index (χ0n) is 11.8. The highest BCUT2D eigenvalue weighted by atomic mass is 19.3. The van der Waals surface area contributed by atoms with E-state index in [1.165, 1.54) is 0 Å². The van der Waals surface area contributed by atoms with E-state index in [-0.39, 0.29) is 19.4 Å². The Balaban J connectivity index is 1.74. The second-order valence-corrected chi connectivity index (χ2v) is 5.79. The number of halogens is 2. The van der Waals surface area contributed by atoms with E-state index in [0.717, 1.165) is 10.5 Å². The van der Waals surface area contributed by atoms with Crippen LogP contribution in [0.1, 0.15) is 35.9 Å². The zero-order chi connectivity index (χ0) is 15.9. The van der Waals surface area contributed by atoms with E-state index in [1.807, 2.05) is 0 Å². The monoisotopic (exact) mass is 310 g/mol. The van der Waals surface area contributed by atoms with Gasteiger partial charge in [-0.05, 0) is 17.5 Å². The molecule has 5 nitrogen and oxygen atoms in total. The first kappa shape index (κ1) is 14.7. The molecule has 1 saturated heterocycles. The van der Waals surface area contributed by atoms with Crippen LogP contribution in [0.15, 0.2) is 24.3 Å². The number of urea groups is 1. The number of benzene rings is 1. The zero-order valence-corrected chi connectivity index (χ0v) is 11.8. The molecule has 0 saturated carbocycles. The Kier molecular flexibility index (Phi) is 3.50. The fraction of sp³-hybridized carbons (Fsp3) is 0.467. The van der Waals surface area contributed by atoms with Gasteiger partial charge >= 0.3 is 12.0 Å².